The first-order valence-electron chi connectivity index (χ1n) is 24.0. The van der Waals surface area contributed by atoms with Crippen molar-refractivity contribution in [3.05, 3.63) is 146 Å². The second-order valence-corrected chi connectivity index (χ2v) is 17.9. The van der Waals surface area contributed by atoms with E-state index in [0.29, 0.717) is 10.8 Å². The summed E-state index contributed by atoms with van der Waals surface area (Å²) in [6, 6.07) is 50.5. The van der Waals surface area contributed by atoms with Crippen molar-refractivity contribution in [2.45, 2.75) is 51.4 Å². The number of nitrogens with zero attached hydrogens (tertiary/aromatic N) is 3. The molecule has 0 aromatic heterocycles. The lowest BCUT2D eigenvalue weighted by atomic mass is 9.90. The number of imide groups is 1. The maximum atomic E-state index is 12.9. The van der Waals surface area contributed by atoms with Gasteiger partial charge in [-0.1, -0.05) is 121 Å². The van der Waals surface area contributed by atoms with Gasteiger partial charge in [-0.3, -0.25) is 14.9 Å². The standard InChI is InChI=1S/C30H27N3O4.C25H24N2.CH2Cl2.CH4S/c34-26-16-17-27(35)33(26)37-30(36)31-24-14-12-20-8-2-4-10-22(20)28(24)29-23-11-5-3-9-21(23)13-15-25(29)32-18-6-1-7-19-32;26-22-14-12-18-8-2-4-10-20(18)24(22)25-21-11-5-3-9-19(21)13-15-23(25)27-16-6-1-7-17-27;2-1-3;1-2/h2-5,8-15H,1,6-7,16-19H2,(H,31,36);2-5,8-15H,1,6-7,16-17,26H2;1H2;2H,1H3/i/hD. The zero-order valence-electron chi connectivity index (χ0n) is 39.8. The van der Waals surface area contributed by atoms with E-state index in [9.17, 15) is 14.4 Å². The molecule has 11 rings (SSSR count). The average Bonchev–Trinajstić information content (AvgIpc) is 3.71. The average molecular weight is 980 g/mol. The molecule has 69 heavy (non-hydrogen) atoms. The van der Waals surface area contributed by atoms with Crippen molar-refractivity contribution in [3.8, 4) is 22.3 Å². The zero-order valence-corrected chi connectivity index (χ0v) is 41.1. The molecule has 3 amide bonds. The van der Waals surface area contributed by atoms with Gasteiger partial charge in [0.2, 0.25) is 0 Å². The number of hydrogen-bond donors (Lipinski definition) is 3. The Morgan fingerprint density at radius 1 is 0.565 bits per heavy atom. The number of piperidine rings is 2. The molecule has 8 aromatic carbocycles. The molecule has 354 valence electrons. The molecular formula is C57H57Cl2N5O4S. The summed E-state index contributed by atoms with van der Waals surface area (Å²) in [7, 11) is 0. The minimum absolute atomic E-state index is 0.0442. The van der Waals surface area contributed by atoms with E-state index in [1.165, 1.54) is 64.0 Å². The predicted octanol–water partition coefficient (Wildman–Crippen LogP) is 14.5. The van der Waals surface area contributed by atoms with Crippen LogP contribution in [0, 0.1) is 0 Å². The molecule has 3 heterocycles. The van der Waals surface area contributed by atoms with Crippen LogP contribution in [0.1, 0.15) is 51.4 Å². The van der Waals surface area contributed by atoms with Crippen LogP contribution in [0.15, 0.2) is 146 Å². The van der Waals surface area contributed by atoms with Crippen molar-refractivity contribution in [1.82, 2.24) is 5.06 Å². The number of fused-ring (bicyclic) bond motifs is 4. The molecule has 0 atom stereocenters. The Morgan fingerprint density at radius 3 is 1.38 bits per heavy atom. The van der Waals surface area contributed by atoms with Crippen molar-refractivity contribution in [3.63, 3.8) is 0 Å². The van der Waals surface area contributed by atoms with Gasteiger partial charge in [0, 0.05) is 78.3 Å². The van der Waals surface area contributed by atoms with Crippen LogP contribution in [0.5, 0.6) is 0 Å². The van der Waals surface area contributed by atoms with E-state index in [-0.39, 0.29) is 18.2 Å². The molecule has 12 heteroatoms. The second-order valence-electron chi connectivity index (χ2n) is 17.1. The first kappa shape index (κ1) is 47.6. The van der Waals surface area contributed by atoms with Crippen LogP contribution < -0.4 is 20.9 Å². The summed E-state index contributed by atoms with van der Waals surface area (Å²) >= 11 is 10.5. The fourth-order valence-electron chi connectivity index (χ4n) is 9.93. The molecule has 0 saturated carbocycles. The maximum Gasteiger partial charge on any atom is 0.436 e. The zero-order chi connectivity index (χ0) is 49.0. The van der Waals surface area contributed by atoms with Gasteiger partial charge in [-0.2, -0.15) is 12.5 Å². The highest BCUT2D eigenvalue weighted by molar-refractivity contribution is 7.79. The molecule has 9 nitrogen and oxygen atoms in total. The predicted molar refractivity (Wildman–Crippen MR) is 293 cm³/mol. The summed E-state index contributed by atoms with van der Waals surface area (Å²) in [5.41, 5.74) is 14.8. The number of hydroxylamine groups is 2. The number of nitrogens with two attached hydrogens (primary N) is 1. The monoisotopic (exact) mass is 978 g/mol. The fraction of sp³-hybridized carbons (Fsp3) is 0.246. The molecule has 3 aliphatic heterocycles. The SMILES string of the molecule is ClCCl.Nc1ccc2ccccc2c1-c1c(N2CCCCC2)ccc2ccccc12.O=C(Nc1ccc2ccccc2c1-c1c(N2CCCCC2)ccc2ccccc12)ON1C(=O)CCC1=O.[2H]SC. The Hall–Kier alpha value is -6.46. The van der Waals surface area contributed by atoms with Gasteiger partial charge in [0.1, 0.15) is 1.12 Å². The lowest BCUT2D eigenvalue weighted by Gasteiger charge is -2.32. The Morgan fingerprint density at radius 2 is 0.928 bits per heavy atom. The molecule has 0 radical (unpaired) electrons. The first-order valence-corrected chi connectivity index (χ1v) is 25.4. The van der Waals surface area contributed by atoms with E-state index >= 15 is 0 Å². The van der Waals surface area contributed by atoms with E-state index in [1.807, 2.05) is 42.5 Å². The van der Waals surface area contributed by atoms with Crippen LogP contribution in [-0.2, 0) is 14.4 Å². The summed E-state index contributed by atoms with van der Waals surface area (Å²) in [4.78, 5) is 47.1. The third kappa shape index (κ3) is 10.7. The number of hydrogen-bond acceptors (Lipinski definition) is 8. The van der Waals surface area contributed by atoms with Crippen LogP contribution in [0.2, 0.25) is 0 Å². The molecule has 8 aromatic rings. The molecule has 0 bridgehead atoms. The molecule has 0 unspecified atom stereocenters. The molecule has 0 spiro atoms. The van der Waals surface area contributed by atoms with Gasteiger partial charge in [-0.15, -0.1) is 28.3 Å². The summed E-state index contributed by atoms with van der Waals surface area (Å²) in [6.45, 7) is 4.19. The molecule has 3 aliphatic rings. The maximum absolute atomic E-state index is 12.9. The van der Waals surface area contributed by atoms with Crippen molar-refractivity contribution in [1.29, 1.82) is 1.12 Å². The van der Waals surface area contributed by atoms with Crippen LogP contribution in [0.4, 0.5) is 27.5 Å². The van der Waals surface area contributed by atoms with Crippen molar-refractivity contribution in [2.24, 2.45) is 0 Å². The second kappa shape index (κ2) is 23.2. The van der Waals surface area contributed by atoms with Gasteiger partial charge in [0.15, 0.2) is 0 Å². The largest absolute Gasteiger partial charge is 0.436 e. The number of nitrogen functional groups attached to an aromatic ring is 1. The highest BCUT2D eigenvalue weighted by Gasteiger charge is 2.33. The lowest BCUT2D eigenvalue weighted by molar-refractivity contribution is -0.170. The number of halogens is 2. The Labute approximate surface area is 420 Å². The third-order valence-corrected chi connectivity index (χ3v) is 13.0. The van der Waals surface area contributed by atoms with E-state index in [2.05, 4.69) is 118 Å². The highest BCUT2D eigenvalue weighted by Crippen LogP contribution is 2.46. The van der Waals surface area contributed by atoms with Gasteiger partial charge in [-0.05, 0) is 112 Å². The normalized spacial score (nSPS) is 14.9. The Kier molecular flexibility index (Phi) is 16.0. The summed E-state index contributed by atoms with van der Waals surface area (Å²) in [6.07, 6.45) is 8.27. The smallest absolute Gasteiger partial charge is 0.398 e. The van der Waals surface area contributed by atoms with Gasteiger partial charge in [0.25, 0.3) is 11.8 Å². The van der Waals surface area contributed by atoms with Gasteiger partial charge in [0.05, 0.1) is 11.0 Å². The van der Waals surface area contributed by atoms with Crippen LogP contribution >= 0.6 is 35.7 Å². The fourth-order valence-corrected chi connectivity index (χ4v) is 9.93. The van der Waals surface area contributed by atoms with E-state index < -0.39 is 17.9 Å². The Bertz CT molecular complexity index is 3130. The number of nitrogens with one attached hydrogen (secondary N) is 1. The summed E-state index contributed by atoms with van der Waals surface area (Å²) < 4.78 is 6.12. The van der Waals surface area contributed by atoms with Gasteiger partial charge >= 0.3 is 6.09 Å². The van der Waals surface area contributed by atoms with E-state index in [4.69, 9.17) is 34.9 Å². The van der Waals surface area contributed by atoms with Crippen LogP contribution in [-0.4, -0.2) is 61.9 Å². The molecule has 0 aliphatic carbocycles. The number of benzene rings is 8. The molecule has 3 fully saturated rings. The number of alkyl halides is 2. The minimum atomic E-state index is -0.875. The number of thiol groups is 1. The molecule has 3 N–H and O–H groups in total. The summed E-state index contributed by atoms with van der Waals surface area (Å²) in [5.74, 6) is -1.03. The molecule has 3 saturated heterocycles. The number of rotatable bonds is 6. The van der Waals surface area contributed by atoms with Gasteiger partial charge in [-0.25, -0.2) is 4.79 Å². The first-order chi connectivity index (χ1) is 34.3. The van der Waals surface area contributed by atoms with Gasteiger partial charge < -0.3 is 20.4 Å². The lowest BCUT2D eigenvalue weighted by Crippen LogP contribution is -2.34. The van der Waals surface area contributed by atoms with E-state index in [1.54, 1.807) is 6.26 Å². The topological polar surface area (TPSA) is 108 Å². The van der Waals surface area contributed by atoms with Crippen molar-refractivity contribution >= 4 is 119 Å². The summed E-state index contributed by atoms with van der Waals surface area (Å²) in [5, 5.41) is 12.8. The number of amides is 3. The van der Waals surface area contributed by atoms with E-state index in [0.717, 1.165) is 95.6 Å². The third-order valence-electron chi connectivity index (χ3n) is 13.0. The quantitative estimate of drug-likeness (QED) is 0.0659. The molecular weight excluding hydrogens is 922 g/mol. The van der Waals surface area contributed by atoms with Crippen molar-refractivity contribution < 1.29 is 19.2 Å². The number of carbonyl (C=O) groups is 3. The van der Waals surface area contributed by atoms with Crippen LogP contribution in [0.25, 0.3) is 65.3 Å². The Balaban J connectivity index is 0.000000176. The number of anilines is 4. The van der Waals surface area contributed by atoms with Crippen LogP contribution in [0.3, 0.4) is 0 Å². The highest BCUT2D eigenvalue weighted by atomic mass is 35.5. The minimum Gasteiger partial charge on any atom is -0.398 e. The van der Waals surface area contributed by atoms with Crippen molar-refractivity contribution in [2.75, 3.05) is 58.6 Å². The number of carbonyl (C=O) groups excluding carboxylic acids is 3.